The van der Waals surface area contributed by atoms with Crippen LogP contribution in [0.25, 0.3) is 0 Å². The lowest BCUT2D eigenvalue weighted by atomic mass is 10.2. The minimum Gasteiger partial charge on any atom is -0.466 e. The zero-order chi connectivity index (χ0) is 12.7. The van der Waals surface area contributed by atoms with Gasteiger partial charge in [-0.1, -0.05) is 6.07 Å². The van der Waals surface area contributed by atoms with Crippen molar-refractivity contribution < 1.29 is 9.53 Å². The Morgan fingerprint density at radius 2 is 2.35 bits per heavy atom. The lowest BCUT2D eigenvalue weighted by Crippen LogP contribution is -2.11. The van der Waals surface area contributed by atoms with Crippen molar-refractivity contribution in [2.24, 2.45) is 0 Å². The number of hydrogen-bond donors (Lipinski definition) is 1. The van der Waals surface area contributed by atoms with Crippen molar-refractivity contribution >= 4 is 27.6 Å². The maximum absolute atomic E-state index is 11.1. The Hall–Kier alpha value is -1.54. The number of hydrogen-bond acceptors (Lipinski definition) is 4. The van der Waals surface area contributed by atoms with Crippen LogP contribution in [0.15, 0.2) is 22.7 Å². The molecule has 17 heavy (non-hydrogen) atoms. The van der Waals surface area contributed by atoms with Crippen LogP contribution in [0.2, 0.25) is 0 Å². The highest BCUT2D eigenvalue weighted by molar-refractivity contribution is 9.10. The van der Waals surface area contributed by atoms with E-state index in [0.717, 1.165) is 4.47 Å². The SMILES string of the molecule is CCOC(=O)CCNc1cccc(Br)c1C#N. The molecule has 0 amide bonds. The van der Waals surface area contributed by atoms with Crippen molar-refractivity contribution in [3.05, 3.63) is 28.2 Å². The minimum absolute atomic E-state index is 0.242. The average molecular weight is 297 g/mol. The number of halogens is 1. The molecule has 1 aromatic rings. The van der Waals surface area contributed by atoms with Gasteiger partial charge in [0.2, 0.25) is 0 Å². The van der Waals surface area contributed by atoms with Crippen LogP contribution in [0.5, 0.6) is 0 Å². The van der Waals surface area contributed by atoms with Gasteiger partial charge >= 0.3 is 5.97 Å². The summed E-state index contributed by atoms with van der Waals surface area (Å²) in [5, 5.41) is 12.0. The highest BCUT2D eigenvalue weighted by atomic mass is 79.9. The molecule has 90 valence electrons. The number of nitriles is 1. The van der Waals surface area contributed by atoms with E-state index in [-0.39, 0.29) is 12.4 Å². The summed E-state index contributed by atoms with van der Waals surface area (Å²) in [7, 11) is 0. The second-order valence-corrected chi connectivity index (χ2v) is 4.11. The number of esters is 1. The molecule has 0 aliphatic rings. The second kappa shape index (κ2) is 6.92. The van der Waals surface area contributed by atoms with Crippen molar-refractivity contribution in [3.8, 4) is 6.07 Å². The van der Waals surface area contributed by atoms with Crippen molar-refractivity contribution in [1.29, 1.82) is 5.26 Å². The van der Waals surface area contributed by atoms with Crippen LogP contribution in [-0.4, -0.2) is 19.1 Å². The molecule has 0 unspecified atom stereocenters. The van der Waals surface area contributed by atoms with Crippen molar-refractivity contribution in [2.75, 3.05) is 18.5 Å². The molecular weight excluding hydrogens is 284 g/mol. The van der Waals surface area contributed by atoms with Crippen LogP contribution in [0, 0.1) is 11.3 Å². The average Bonchev–Trinajstić information content (AvgIpc) is 2.29. The number of rotatable bonds is 5. The van der Waals surface area contributed by atoms with Gasteiger partial charge in [0.1, 0.15) is 6.07 Å². The third kappa shape index (κ3) is 4.08. The number of ether oxygens (including phenoxy) is 1. The van der Waals surface area contributed by atoms with Crippen LogP contribution in [0.1, 0.15) is 18.9 Å². The highest BCUT2D eigenvalue weighted by Crippen LogP contribution is 2.23. The van der Waals surface area contributed by atoms with E-state index in [1.54, 1.807) is 19.1 Å². The first-order chi connectivity index (χ1) is 8.19. The van der Waals surface area contributed by atoms with Crippen molar-refractivity contribution in [1.82, 2.24) is 0 Å². The normalized spacial score (nSPS) is 9.47. The number of benzene rings is 1. The molecule has 0 aliphatic carbocycles. The quantitative estimate of drug-likeness (QED) is 0.849. The fourth-order valence-electron chi connectivity index (χ4n) is 1.32. The predicted molar refractivity (Wildman–Crippen MR) is 68.6 cm³/mol. The van der Waals surface area contributed by atoms with Crippen LogP contribution in [0.3, 0.4) is 0 Å². The van der Waals surface area contributed by atoms with Gasteiger partial charge in [0.05, 0.1) is 24.3 Å². The Labute approximate surface area is 109 Å². The Balaban J connectivity index is 2.56. The molecule has 0 radical (unpaired) electrons. The van der Waals surface area contributed by atoms with Gasteiger partial charge < -0.3 is 10.1 Å². The first kappa shape index (κ1) is 13.5. The van der Waals surface area contributed by atoms with Crippen LogP contribution >= 0.6 is 15.9 Å². The zero-order valence-corrected chi connectivity index (χ0v) is 11.1. The largest absolute Gasteiger partial charge is 0.466 e. The van der Waals surface area contributed by atoms with Gasteiger partial charge in [-0.15, -0.1) is 0 Å². The summed E-state index contributed by atoms with van der Waals surface area (Å²) in [6.45, 7) is 2.61. The van der Waals surface area contributed by atoms with Gasteiger partial charge in [-0.3, -0.25) is 4.79 Å². The zero-order valence-electron chi connectivity index (χ0n) is 9.50. The number of nitrogens with zero attached hydrogens (tertiary/aromatic N) is 1. The van der Waals surface area contributed by atoms with E-state index in [0.29, 0.717) is 24.4 Å². The lowest BCUT2D eigenvalue weighted by Gasteiger charge is -2.08. The van der Waals surface area contributed by atoms with Gasteiger partial charge in [0.15, 0.2) is 0 Å². The van der Waals surface area contributed by atoms with Crippen LogP contribution < -0.4 is 5.32 Å². The summed E-state index contributed by atoms with van der Waals surface area (Å²) in [5.41, 5.74) is 1.25. The summed E-state index contributed by atoms with van der Waals surface area (Å²) >= 11 is 3.30. The molecule has 0 aromatic heterocycles. The fourth-order valence-corrected chi connectivity index (χ4v) is 1.77. The minimum atomic E-state index is -0.242. The molecule has 1 rings (SSSR count). The monoisotopic (exact) mass is 296 g/mol. The van der Waals surface area contributed by atoms with E-state index < -0.39 is 0 Å². The Morgan fingerprint density at radius 1 is 1.59 bits per heavy atom. The third-order valence-corrected chi connectivity index (χ3v) is 2.74. The van der Waals surface area contributed by atoms with Gasteiger partial charge in [0.25, 0.3) is 0 Å². The number of nitrogens with one attached hydrogen (secondary N) is 1. The van der Waals surface area contributed by atoms with E-state index in [2.05, 4.69) is 27.3 Å². The van der Waals surface area contributed by atoms with Gasteiger partial charge in [0, 0.05) is 11.0 Å². The molecule has 0 atom stereocenters. The van der Waals surface area contributed by atoms with Gasteiger partial charge in [-0.2, -0.15) is 5.26 Å². The van der Waals surface area contributed by atoms with Crippen molar-refractivity contribution in [3.63, 3.8) is 0 Å². The predicted octanol–water partition coefficient (Wildman–Crippen LogP) is 2.69. The number of carbonyl (C=O) groups excluding carboxylic acids is 1. The number of carbonyl (C=O) groups is 1. The molecular formula is C12H13BrN2O2. The molecule has 0 bridgehead atoms. The van der Waals surface area contributed by atoms with E-state index in [4.69, 9.17) is 10.00 Å². The van der Waals surface area contributed by atoms with E-state index >= 15 is 0 Å². The fraction of sp³-hybridized carbons (Fsp3) is 0.333. The maximum Gasteiger partial charge on any atom is 0.307 e. The summed E-state index contributed by atoms with van der Waals surface area (Å²) in [5.74, 6) is -0.242. The van der Waals surface area contributed by atoms with Crippen LogP contribution in [-0.2, 0) is 9.53 Å². The van der Waals surface area contributed by atoms with E-state index in [9.17, 15) is 4.79 Å². The smallest absolute Gasteiger partial charge is 0.307 e. The van der Waals surface area contributed by atoms with E-state index in [1.807, 2.05) is 6.07 Å². The molecule has 0 aliphatic heterocycles. The summed E-state index contributed by atoms with van der Waals surface area (Å²) in [6.07, 6.45) is 0.283. The van der Waals surface area contributed by atoms with Crippen LogP contribution in [0.4, 0.5) is 5.69 Å². The lowest BCUT2D eigenvalue weighted by molar-refractivity contribution is -0.142. The molecule has 1 aromatic carbocycles. The Morgan fingerprint density at radius 3 is 3.00 bits per heavy atom. The molecule has 0 heterocycles. The first-order valence-electron chi connectivity index (χ1n) is 5.27. The van der Waals surface area contributed by atoms with Gasteiger partial charge in [-0.05, 0) is 35.0 Å². The summed E-state index contributed by atoms with van der Waals surface area (Å²) < 4.78 is 5.54. The molecule has 1 N–H and O–H groups in total. The maximum atomic E-state index is 11.1. The summed E-state index contributed by atoms with van der Waals surface area (Å²) in [6, 6.07) is 7.53. The molecule has 0 saturated heterocycles. The molecule has 0 saturated carbocycles. The topological polar surface area (TPSA) is 62.1 Å². The summed E-state index contributed by atoms with van der Waals surface area (Å²) in [4.78, 5) is 11.1. The third-order valence-electron chi connectivity index (χ3n) is 2.08. The number of anilines is 1. The Bertz CT molecular complexity index is 441. The highest BCUT2D eigenvalue weighted by Gasteiger charge is 2.06. The Kier molecular flexibility index (Phi) is 5.50. The second-order valence-electron chi connectivity index (χ2n) is 3.26. The molecule has 4 nitrogen and oxygen atoms in total. The molecule has 5 heteroatoms. The van der Waals surface area contributed by atoms with Gasteiger partial charge in [-0.25, -0.2) is 0 Å². The first-order valence-corrected chi connectivity index (χ1v) is 6.06. The van der Waals surface area contributed by atoms with E-state index in [1.165, 1.54) is 0 Å². The molecule has 0 fully saturated rings. The standard InChI is InChI=1S/C12H13BrN2O2/c1-2-17-12(16)6-7-15-11-5-3-4-10(13)9(11)8-14/h3-5,15H,2,6-7H2,1H3. The van der Waals surface area contributed by atoms with Crippen molar-refractivity contribution in [2.45, 2.75) is 13.3 Å². The molecule has 0 spiro atoms.